The zero-order valence-electron chi connectivity index (χ0n) is 9.19. The van der Waals surface area contributed by atoms with Gasteiger partial charge in [0.1, 0.15) is 5.03 Å². The SMILES string of the molecule is Cc1nn(C)c(SCC2CCCO2)c1N. The summed E-state index contributed by atoms with van der Waals surface area (Å²) in [7, 11) is 1.93. The minimum atomic E-state index is 0.393. The van der Waals surface area contributed by atoms with Gasteiger partial charge in [0.25, 0.3) is 0 Å². The molecule has 0 aromatic carbocycles. The Hall–Kier alpha value is -0.680. The fraction of sp³-hybridized carbons (Fsp3) is 0.700. The number of ether oxygens (including phenoxy) is 1. The molecule has 1 saturated heterocycles. The molecule has 0 amide bonds. The molecular formula is C10H17N3OS. The molecule has 1 aliphatic rings. The first-order valence-electron chi connectivity index (χ1n) is 5.22. The molecule has 0 spiro atoms. The Labute approximate surface area is 94.2 Å². The van der Waals surface area contributed by atoms with Gasteiger partial charge in [-0.2, -0.15) is 5.10 Å². The predicted molar refractivity (Wildman–Crippen MR) is 62.1 cm³/mol. The first-order valence-corrected chi connectivity index (χ1v) is 6.20. The van der Waals surface area contributed by atoms with E-state index in [4.69, 9.17) is 10.5 Å². The molecule has 1 atom stereocenters. The minimum absolute atomic E-state index is 0.393. The number of rotatable bonds is 3. The molecule has 15 heavy (non-hydrogen) atoms. The first kappa shape index (κ1) is 10.8. The summed E-state index contributed by atoms with van der Waals surface area (Å²) in [6.07, 6.45) is 2.75. The fourth-order valence-electron chi connectivity index (χ4n) is 1.77. The van der Waals surface area contributed by atoms with Crippen molar-refractivity contribution >= 4 is 17.4 Å². The van der Waals surface area contributed by atoms with Gasteiger partial charge in [-0.15, -0.1) is 11.8 Å². The van der Waals surface area contributed by atoms with Crippen LogP contribution >= 0.6 is 11.8 Å². The summed E-state index contributed by atoms with van der Waals surface area (Å²) in [5.74, 6) is 0.975. The number of thioether (sulfide) groups is 1. The topological polar surface area (TPSA) is 53.1 Å². The third-order valence-corrected chi connectivity index (χ3v) is 3.94. The maximum atomic E-state index is 5.94. The zero-order valence-corrected chi connectivity index (χ0v) is 10.0. The van der Waals surface area contributed by atoms with Gasteiger partial charge in [0, 0.05) is 19.4 Å². The molecule has 2 N–H and O–H groups in total. The van der Waals surface area contributed by atoms with Crippen molar-refractivity contribution in [3.8, 4) is 0 Å². The van der Waals surface area contributed by atoms with Crippen LogP contribution in [0.3, 0.4) is 0 Å². The van der Waals surface area contributed by atoms with Gasteiger partial charge in [0.15, 0.2) is 0 Å². The first-order chi connectivity index (χ1) is 7.18. The van der Waals surface area contributed by atoms with Crippen LogP contribution in [0.5, 0.6) is 0 Å². The molecule has 1 fully saturated rings. The Morgan fingerprint density at radius 3 is 3.00 bits per heavy atom. The molecule has 2 heterocycles. The molecule has 0 bridgehead atoms. The maximum absolute atomic E-state index is 5.94. The van der Waals surface area contributed by atoms with Crippen LogP contribution < -0.4 is 5.73 Å². The van der Waals surface area contributed by atoms with Crippen molar-refractivity contribution < 1.29 is 4.74 Å². The summed E-state index contributed by atoms with van der Waals surface area (Å²) in [5.41, 5.74) is 7.66. The molecule has 84 valence electrons. The molecule has 1 aromatic heterocycles. The third kappa shape index (κ3) is 2.29. The molecule has 1 aromatic rings. The molecule has 0 radical (unpaired) electrons. The molecule has 5 heteroatoms. The summed E-state index contributed by atoms with van der Waals surface area (Å²) in [6, 6.07) is 0. The number of nitrogen functional groups attached to an aromatic ring is 1. The van der Waals surface area contributed by atoms with Gasteiger partial charge in [0.2, 0.25) is 0 Å². The Balaban J connectivity index is 1.97. The highest BCUT2D eigenvalue weighted by Crippen LogP contribution is 2.29. The summed E-state index contributed by atoms with van der Waals surface area (Å²) >= 11 is 1.74. The molecular weight excluding hydrogens is 210 g/mol. The number of aromatic nitrogens is 2. The Kier molecular flexibility index (Phi) is 3.21. The number of hydrogen-bond acceptors (Lipinski definition) is 4. The lowest BCUT2D eigenvalue weighted by atomic mass is 10.3. The van der Waals surface area contributed by atoms with Crippen molar-refractivity contribution in [2.45, 2.75) is 30.9 Å². The predicted octanol–water partition coefficient (Wildman–Crippen LogP) is 1.58. The number of anilines is 1. The van der Waals surface area contributed by atoms with E-state index in [1.54, 1.807) is 11.8 Å². The molecule has 1 unspecified atom stereocenters. The Morgan fingerprint density at radius 2 is 2.47 bits per heavy atom. The second-order valence-corrected chi connectivity index (χ2v) is 4.88. The van der Waals surface area contributed by atoms with Crippen molar-refractivity contribution in [1.29, 1.82) is 0 Å². The lowest BCUT2D eigenvalue weighted by Gasteiger charge is -2.08. The van der Waals surface area contributed by atoms with E-state index >= 15 is 0 Å². The van der Waals surface area contributed by atoms with Crippen molar-refractivity contribution in [2.75, 3.05) is 18.1 Å². The van der Waals surface area contributed by atoms with Crippen LogP contribution in [0, 0.1) is 6.92 Å². The van der Waals surface area contributed by atoms with Crippen LogP contribution in [0.1, 0.15) is 18.5 Å². The van der Waals surface area contributed by atoms with Crippen molar-refractivity contribution in [2.24, 2.45) is 7.05 Å². The van der Waals surface area contributed by atoms with E-state index in [0.29, 0.717) is 6.10 Å². The summed E-state index contributed by atoms with van der Waals surface area (Å²) in [6.45, 7) is 2.84. The standard InChI is InChI=1S/C10H17N3OS/c1-7-9(11)10(13(2)12-7)15-6-8-4-3-5-14-8/h8H,3-6,11H2,1-2H3. The van der Waals surface area contributed by atoms with Crippen molar-refractivity contribution in [3.05, 3.63) is 5.69 Å². The maximum Gasteiger partial charge on any atom is 0.117 e. The van der Waals surface area contributed by atoms with E-state index in [2.05, 4.69) is 5.10 Å². The molecule has 2 rings (SSSR count). The Morgan fingerprint density at radius 1 is 1.67 bits per heavy atom. The average molecular weight is 227 g/mol. The van der Waals surface area contributed by atoms with Gasteiger partial charge in [-0.1, -0.05) is 0 Å². The lowest BCUT2D eigenvalue weighted by Crippen LogP contribution is -2.08. The van der Waals surface area contributed by atoms with Crippen LogP contribution in [0.4, 0.5) is 5.69 Å². The normalized spacial score (nSPS) is 21.1. The number of aryl methyl sites for hydroxylation is 2. The van der Waals surface area contributed by atoms with Gasteiger partial charge in [-0.05, 0) is 19.8 Å². The molecule has 0 aliphatic carbocycles. The summed E-state index contributed by atoms with van der Waals surface area (Å²) in [4.78, 5) is 0. The summed E-state index contributed by atoms with van der Waals surface area (Å²) in [5, 5.41) is 5.34. The number of hydrogen-bond donors (Lipinski definition) is 1. The highest BCUT2D eigenvalue weighted by Gasteiger charge is 2.18. The number of nitrogens with zero attached hydrogens (tertiary/aromatic N) is 2. The van der Waals surface area contributed by atoms with Gasteiger partial charge in [0.05, 0.1) is 17.5 Å². The van der Waals surface area contributed by atoms with Crippen LogP contribution in [0.15, 0.2) is 5.03 Å². The average Bonchev–Trinajstić information content (AvgIpc) is 2.76. The highest BCUT2D eigenvalue weighted by atomic mass is 32.2. The number of nitrogens with two attached hydrogens (primary N) is 1. The monoisotopic (exact) mass is 227 g/mol. The largest absolute Gasteiger partial charge is 0.395 e. The Bertz CT molecular complexity index is 345. The van der Waals surface area contributed by atoms with Crippen molar-refractivity contribution in [3.63, 3.8) is 0 Å². The van der Waals surface area contributed by atoms with Crippen LogP contribution in [0.25, 0.3) is 0 Å². The second kappa shape index (κ2) is 4.45. The van der Waals surface area contributed by atoms with Gasteiger partial charge in [-0.25, -0.2) is 0 Å². The molecule has 1 aliphatic heterocycles. The van der Waals surface area contributed by atoms with Crippen LogP contribution in [-0.2, 0) is 11.8 Å². The third-order valence-electron chi connectivity index (χ3n) is 2.64. The van der Waals surface area contributed by atoms with Crippen LogP contribution in [0.2, 0.25) is 0 Å². The fourth-order valence-corrected chi connectivity index (χ4v) is 2.91. The van der Waals surface area contributed by atoms with Crippen molar-refractivity contribution in [1.82, 2.24) is 9.78 Å². The minimum Gasteiger partial charge on any atom is -0.395 e. The molecule has 0 saturated carbocycles. The van der Waals surface area contributed by atoms with E-state index in [1.165, 1.54) is 12.8 Å². The van der Waals surface area contributed by atoms with E-state index in [9.17, 15) is 0 Å². The quantitative estimate of drug-likeness (QED) is 0.797. The summed E-state index contributed by atoms with van der Waals surface area (Å²) < 4.78 is 7.42. The van der Waals surface area contributed by atoms with Gasteiger partial charge in [-0.3, -0.25) is 4.68 Å². The van der Waals surface area contributed by atoms with Crippen LogP contribution in [-0.4, -0.2) is 28.2 Å². The lowest BCUT2D eigenvalue weighted by molar-refractivity contribution is 0.129. The zero-order chi connectivity index (χ0) is 10.8. The van der Waals surface area contributed by atoms with E-state index < -0.39 is 0 Å². The van der Waals surface area contributed by atoms with Gasteiger partial charge < -0.3 is 10.5 Å². The van der Waals surface area contributed by atoms with E-state index in [-0.39, 0.29) is 0 Å². The highest BCUT2D eigenvalue weighted by molar-refractivity contribution is 7.99. The van der Waals surface area contributed by atoms with E-state index in [1.807, 2.05) is 18.7 Å². The molecule has 4 nitrogen and oxygen atoms in total. The van der Waals surface area contributed by atoms with E-state index in [0.717, 1.165) is 28.8 Å². The smallest absolute Gasteiger partial charge is 0.117 e. The second-order valence-electron chi connectivity index (χ2n) is 3.87. The van der Waals surface area contributed by atoms with Gasteiger partial charge >= 0.3 is 0 Å².